The second-order valence-corrected chi connectivity index (χ2v) is 8.17. The molecule has 3 heteroatoms. The van der Waals surface area contributed by atoms with Crippen LogP contribution < -0.4 is 5.73 Å². The highest BCUT2D eigenvalue weighted by Gasteiger charge is 2.51. The molecule has 120 valence electrons. The molecule has 21 heavy (non-hydrogen) atoms. The predicted octanol–water partition coefficient (Wildman–Crippen LogP) is 3.07. The highest BCUT2D eigenvalue weighted by atomic mass is 16.5. The van der Waals surface area contributed by atoms with Gasteiger partial charge >= 0.3 is 0 Å². The lowest BCUT2D eigenvalue weighted by atomic mass is 9.67. The highest BCUT2D eigenvalue weighted by molar-refractivity contribution is 5.08. The van der Waals surface area contributed by atoms with E-state index in [4.69, 9.17) is 10.5 Å². The summed E-state index contributed by atoms with van der Waals surface area (Å²) in [7, 11) is 0. The van der Waals surface area contributed by atoms with E-state index in [1.807, 2.05) is 0 Å². The molecular formula is C18H32N2O. The van der Waals surface area contributed by atoms with Crippen LogP contribution in [0.4, 0.5) is 0 Å². The van der Waals surface area contributed by atoms with E-state index in [1.165, 1.54) is 83.7 Å². The van der Waals surface area contributed by atoms with Gasteiger partial charge in [-0.2, -0.15) is 0 Å². The zero-order chi connectivity index (χ0) is 14.3. The molecule has 4 aliphatic rings. The standard InChI is InChI=1S/C18H32N2O/c19-16(15-6-13-21-17(14-15)7-5-8-17)18(9-1-2-10-18)20-11-3-4-12-20/h15-16H,1-14,19H2. The third-order valence-electron chi connectivity index (χ3n) is 7.13. The summed E-state index contributed by atoms with van der Waals surface area (Å²) in [6.45, 7) is 3.54. The van der Waals surface area contributed by atoms with E-state index in [9.17, 15) is 0 Å². The van der Waals surface area contributed by atoms with Gasteiger partial charge in [-0.05, 0) is 76.8 Å². The quantitative estimate of drug-likeness (QED) is 0.869. The van der Waals surface area contributed by atoms with Gasteiger partial charge in [0.15, 0.2) is 0 Å². The molecule has 0 amide bonds. The molecule has 0 radical (unpaired) electrons. The molecule has 2 saturated carbocycles. The maximum Gasteiger partial charge on any atom is 0.0685 e. The van der Waals surface area contributed by atoms with E-state index in [1.54, 1.807) is 0 Å². The minimum absolute atomic E-state index is 0.241. The smallest absolute Gasteiger partial charge is 0.0685 e. The summed E-state index contributed by atoms with van der Waals surface area (Å²) in [6, 6.07) is 0.375. The lowest BCUT2D eigenvalue weighted by Gasteiger charge is -2.52. The zero-order valence-electron chi connectivity index (χ0n) is 13.5. The second kappa shape index (κ2) is 5.50. The number of rotatable bonds is 3. The zero-order valence-corrected chi connectivity index (χ0v) is 13.5. The molecular weight excluding hydrogens is 260 g/mol. The maximum absolute atomic E-state index is 6.97. The van der Waals surface area contributed by atoms with Crippen molar-refractivity contribution in [3.05, 3.63) is 0 Å². The van der Waals surface area contributed by atoms with Crippen LogP contribution in [0.5, 0.6) is 0 Å². The van der Waals surface area contributed by atoms with Crippen molar-refractivity contribution >= 4 is 0 Å². The average molecular weight is 292 g/mol. The first-order valence-corrected chi connectivity index (χ1v) is 9.39. The van der Waals surface area contributed by atoms with Crippen LogP contribution in [0.25, 0.3) is 0 Å². The number of hydrogen-bond acceptors (Lipinski definition) is 3. The molecule has 2 atom stereocenters. The third kappa shape index (κ3) is 2.36. The van der Waals surface area contributed by atoms with E-state index in [2.05, 4.69) is 4.90 Å². The van der Waals surface area contributed by atoms with Crippen LogP contribution in [0.3, 0.4) is 0 Å². The Kier molecular flexibility index (Phi) is 3.79. The van der Waals surface area contributed by atoms with Crippen molar-refractivity contribution in [1.29, 1.82) is 0 Å². The molecule has 1 spiro atoms. The largest absolute Gasteiger partial charge is 0.375 e. The van der Waals surface area contributed by atoms with E-state index in [0.717, 1.165) is 6.61 Å². The molecule has 2 saturated heterocycles. The summed E-state index contributed by atoms with van der Waals surface area (Å²) in [5.41, 5.74) is 7.55. The van der Waals surface area contributed by atoms with Crippen LogP contribution in [-0.4, -0.2) is 41.8 Å². The van der Waals surface area contributed by atoms with Crippen molar-refractivity contribution in [2.45, 2.75) is 87.8 Å². The Bertz CT molecular complexity index is 367. The van der Waals surface area contributed by atoms with Gasteiger partial charge in [-0.1, -0.05) is 12.8 Å². The van der Waals surface area contributed by atoms with Crippen LogP contribution in [0.1, 0.15) is 70.6 Å². The fourth-order valence-electron chi connectivity index (χ4n) is 5.74. The average Bonchev–Trinajstić information content (AvgIpc) is 3.16. The van der Waals surface area contributed by atoms with Crippen molar-refractivity contribution in [2.75, 3.05) is 19.7 Å². The molecule has 2 heterocycles. The van der Waals surface area contributed by atoms with Crippen LogP contribution in [-0.2, 0) is 4.74 Å². The summed E-state index contributed by atoms with van der Waals surface area (Å²) in [5, 5.41) is 0. The minimum atomic E-state index is 0.241. The molecule has 2 N–H and O–H groups in total. The van der Waals surface area contributed by atoms with Crippen molar-refractivity contribution in [3.8, 4) is 0 Å². The van der Waals surface area contributed by atoms with Gasteiger partial charge in [0.05, 0.1) is 5.60 Å². The van der Waals surface area contributed by atoms with Crippen molar-refractivity contribution in [1.82, 2.24) is 4.90 Å². The summed E-state index contributed by atoms with van der Waals surface area (Å²) < 4.78 is 6.13. The maximum atomic E-state index is 6.97. The topological polar surface area (TPSA) is 38.5 Å². The van der Waals surface area contributed by atoms with E-state index >= 15 is 0 Å². The van der Waals surface area contributed by atoms with Crippen LogP contribution in [0.2, 0.25) is 0 Å². The molecule has 2 unspecified atom stereocenters. The number of ether oxygens (including phenoxy) is 1. The van der Waals surface area contributed by atoms with Gasteiger partial charge in [-0.25, -0.2) is 0 Å². The van der Waals surface area contributed by atoms with E-state index in [-0.39, 0.29) is 5.60 Å². The first kappa shape index (κ1) is 14.5. The monoisotopic (exact) mass is 292 g/mol. The molecule has 2 aliphatic carbocycles. The predicted molar refractivity (Wildman–Crippen MR) is 85.2 cm³/mol. The number of nitrogens with zero attached hydrogens (tertiary/aromatic N) is 1. The van der Waals surface area contributed by atoms with Crippen molar-refractivity contribution in [2.24, 2.45) is 11.7 Å². The molecule has 0 bridgehead atoms. The Morgan fingerprint density at radius 2 is 1.67 bits per heavy atom. The second-order valence-electron chi connectivity index (χ2n) is 8.17. The molecule has 0 aromatic heterocycles. The molecule has 3 nitrogen and oxygen atoms in total. The Balaban J connectivity index is 1.52. The summed E-state index contributed by atoms with van der Waals surface area (Å²) in [6.07, 6.45) is 14.6. The lowest BCUT2D eigenvalue weighted by molar-refractivity contribution is -0.151. The first-order chi connectivity index (χ1) is 10.2. The summed E-state index contributed by atoms with van der Waals surface area (Å²) >= 11 is 0. The first-order valence-electron chi connectivity index (χ1n) is 9.39. The fraction of sp³-hybridized carbons (Fsp3) is 1.00. The number of hydrogen-bond donors (Lipinski definition) is 1. The lowest BCUT2D eigenvalue weighted by Crippen LogP contribution is -2.62. The fourth-order valence-corrected chi connectivity index (χ4v) is 5.74. The van der Waals surface area contributed by atoms with E-state index < -0.39 is 0 Å². The molecule has 4 rings (SSSR count). The highest BCUT2D eigenvalue weighted by Crippen LogP contribution is 2.49. The summed E-state index contributed by atoms with van der Waals surface area (Å²) in [5.74, 6) is 0.692. The molecule has 0 aromatic carbocycles. The Hall–Kier alpha value is -0.120. The van der Waals surface area contributed by atoms with Gasteiger partial charge < -0.3 is 10.5 Å². The minimum Gasteiger partial charge on any atom is -0.375 e. The SMILES string of the molecule is NC(C1CCOC2(CCC2)C1)C1(N2CCCC2)CCCC1. The normalized spacial score (nSPS) is 36.7. The Labute approximate surface area is 129 Å². The van der Waals surface area contributed by atoms with Crippen LogP contribution >= 0.6 is 0 Å². The molecule has 0 aromatic rings. The third-order valence-corrected chi connectivity index (χ3v) is 7.13. The number of nitrogens with two attached hydrogens (primary N) is 1. The van der Waals surface area contributed by atoms with Crippen molar-refractivity contribution in [3.63, 3.8) is 0 Å². The van der Waals surface area contributed by atoms with Gasteiger partial charge in [-0.15, -0.1) is 0 Å². The van der Waals surface area contributed by atoms with Crippen LogP contribution in [0.15, 0.2) is 0 Å². The number of likely N-dealkylation sites (tertiary alicyclic amines) is 1. The molecule has 4 fully saturated rings. The molecule has 2 aliphatic heterocycles. The Morgan fingerprint density at radius 1 is 0.952 bits per heavy atom. The van der Waals surface area contributed by atoms with Crippen molar-refractivity contribution < 1.29 is 4.74 Å². The Morgan fingerprint density at radius 3 is 2.29 bits per heavy atom. The van der Waals surface area contributed by atoms with Gasteiger partial charge in [0.25, 0.3) is 0 Å². The van der Waals surface area contributed by atoms with Crippen LogP contribution in [0, 0.1) is 5.92 Å². The van der Waals surface area contributed by atoms with Gasteiger partial charge in [0, 0.05) is 18.2 Å². The van der Waals surface area contributed by atoms with Gasteiger partial charge in [0.2, 0.25) is 0 Å². The van der Waals surface area contributed by atoms with Gasteiger partial charge in [-0.3, -0.25) is 4.90 Å². The summed E-state index contributed by atoms with van der Waals surface area (Å²) in [4.78, 5) is 2.79. The van der Waals surface area contributed by atoms with Gasteiger partial charge in [0.1, 0.15) is 0 Å². The van der Waals surface area contributed by atoms with E-state index in [0.29, 0.717) is 17.5 Å².